The maximum absolute atomic E-state index is 11.0. The quantitative estimate of drug-likeness (QED) is 0.825. The topological polar surface area (TPSA) is 38.3 Å². The first-order valence-corrected chi connectivity index (χ1v) is 4.61. The molecule has 1 aromatic rings. The van der Waals surface area contributed by atoms with E-state index in [0.29, 0.717) is 11.6 Å². The van der Waals surface area contributed by atoms with E-state index in [1.54, 1.807) is 6.07 Å². The summed E-state index contributed by atoms with van der Waals surface area (Å²) in [6, 6.07) is 7.39. The summed E-state index contributed by atoms with van der Waals surface area (Å²) in [7, 11) is 1.48. The van der Waals surface area contributed by atoms with Crippen molar-refractivity contribution >= 4 is 17.5 Å². The number of hydrogen-bond donors (Lipinski definition) is 1. The molecule has 0 bridgehead atoms. The standard InChI is InChI=1S/C10H12ClNO2/c1-14-7-10(13)12-6-8-4-2-3-5-9(8)11/h2-5H,6-7H2,1H3,(H,12,13). The molecule has 0 heterocycles. The molecule has 3 nitrogen and oxygen atoms in total. The number of halogens is 1. The fourth-order valence-electron chi connectivity index (χ4n) is 1.02. The summed E-state index contributed by atoms with van der Waals surface area (Å²) in [6.45, 7) is 0.506. The highest BCUT2D eigenvalue weighted by Crippen LogP contribution is 2.13. The molecule has 1 rings (SSSR count). The molecular formula is C10H12ClNO2. The lowest BCUT2D eigenvalue weighted by molar-refractivity contribution is -0.124. The van der Waals surface area contributed by atoms with Crippen LogP contribution in [0.5, 0.6) is 0 Å². The number of carbonyl (C=O) groups excluding carboxylic acids is 1. The van der Waals surface area contributed by atoms with Crippen LogP contribution in [0.15, 0.2) is 24.3 Å². The monoisotopic (exact) mass is 213 g/mol. The Morgan fingerprint density at radius 3 is 2.86 bits per heavy atom. The van der Waals surface area contributed by atoms with Gasteiger partial charge in [0.05, 0.1) is 0 Å². The van der Waals surface area contributed by atoms with E-state index in [1.165, 1.54) is 7.11 Å². The number of amides is 1. The Labute approximate surface area is 88.0 Å². The van der Waals surface area contributed by atoms with Crippen molar-refractivity contribution in [2.45, 2.75) is 6.54 Å². The lowest BCUT2D eigenvalue weighted by atomic mass is 10.2. The van der Waals surface area contributed by atoms with Gasteiger partial charge in [-0.25, -0.2) is 0 Å². The van der Waals surface area contributed by atoms with Crippen molar-refractivity contribution in [2.24, 2.45) is 0 Å². The molecular weight excluding hydrogens is 202 g/mol. The lowest BCUT2D eigenvalue weighted by Crippen LogP contribution is -2.26. The van der Waals surface area contributed by atoms with Gasteiger partial charge in [-0.1, -0.05) is 29.8 Å². The average molecular weight is 214 g/mol. The van der Waals surface area contributed by atoms with Gasteiger partial charge in [-0.3, -0.25) is 4.79 Å². The van der Waals surface area contributed by atoms with Gasteiger partial charge < -0.3 is 10.1 Å². The van der Waals surface area contributed by atoms with E-state index < -0.39 is 0 Å². The van der Waals surface area contributed by atoms with Crippen molar-refractivity contribution in [3.05, 3.63) is 34.9 Å². The number of benzene rings is 1. The minimum Gasteiger partial charge on any atom is -0.375 e. The van der Waals surface area contributed by atoms with Crippen LogP contribution in [0.4, 0.5) is 0 Å². The van der Waals surface area contributed by atoms with Crippen LogP contribution in [0.2, 0.25) is 5.02 Å². The number of rotatable bonds is 4. The molecule has 14 heavy (non-hydrogen) atoms. The number of hydrogen-bond acceptors (Lipinski definition) is 2. The van der Waals surface area contributed by atoms with E-state index in [2.05, 4.69) is 10.1 Å². The Kier molecular flexibility index (Phi) is 4.43. The van der Waals surface area contributed by atoms with E-state index in [4.69, 9.17) is 11.6 Å². The van der Waals surface area contributed by atoms with Crippen LogP contribution in [0.25, 0.3) is 0 Å². The van der Waals surface area contributed by atoms with Gasteiger partial charge >= 0.3 is 0 Å². The Balaban J connectivity index is 2.46. The molecule has 76 valence electrons. The number of methoxy groups -OCH3 is 1. The molecule has 0 aliphatic rings. The number of ether oxygens (including phenoxy) is 1. The fourth-order valence-corrected chi connectivity index (χ4v) is 1.22. The molecule has 0 fully saturated rings. The first kappa shape index (κ1) is 11.0. The first-order valence-electron chi connectivity index (χ1n) is 4.23. The van der Waals surface area contributed by atoms with Crippen molar-refractivity contribution in [1.29, 1.82) is 0 Å². The molecule has 0 unspecified atom stereocenters. The maximum atomic E-state index is 11.0. The van der Waals surface area contributed by atoms with Crippen LogP contribution in [0.1, 0.15) is 5.56 Å². The molecule has 0 saturated carbocycles. The van der Waals surface area contributed by atoms with E-state index in [-0.39, 0.29) is 12.5 Å². The minimum absolute atomic E-state index is 0.0739. The van der Waals surface area contributed by atoms with Crippen LogP contribution in [-0.2, 0) is 16.1 Å². The maximum Gasteiger partial charge on any atom is 0.246 e. The largest absolute Gasteiger partial charge is 0.375 e. The highest BCUT2D eigenvalue weighted by molar-refractivity contribution is 6.31. The van der Waals surface area contributed by atoms with E-state index >= 15 is 0 Å². The highest BCUT2D eigenvalue weighted by Gasteiger charge is 2.02. The zero-order valence-corrected chi connectivity index (χ0v) is 8.67. The molecule has 0 atom stereocenters. The third kappa shape index (κ3) is 3.36. The first-order chi connectivity index (χ1) is 6.74. The second-order valence-corrected chi connectivity index (χ2v) is 3.21. The second kappa shape index (κ2) is 5.62. The van der Waals surface area contributed by atoms with E-state index in [9.17, 15) is 4.79 Å². The van der Waals surface area contributed by atoms with Crippen molar-refractivity contribution in [3.63, 3.8) is 0 Å². The van der Waals surface area contributed by atoms with Gasteiger partial charge in [0.1, 0.15) is 6.61 Å². The predicted molar refractivity (Wildman–Crippen MR) is 55.2 cm³/mol. The molecule has 0 saturated heterocycles. The zero-order chi connectivity index (χ0) is 10.4. The highest BCUT2D eigenvalue weighted by atomic mass is 35.5. The van der Waals surface area contributed by atoms with Crippen LogP contribution >= 0.6 is 11.6 Å². The fraction of sp³-hybridized carbons (Fsp3) is 0.300. The van der Waals surface area contributed by atoms with E-state index in [1.807, 2.05) is 18.2 Å². The Morgan fingerprint density at radius 1 is 1.50 bits per heavy atom. The summed E-state index contributed by atoms with van der Waals surface area (Å²) in [5.41, 5.74) is 0.901. The molecule has 1 N–H and O–H groups in total. The minimum atomic E-state index is -0.146. The van der Waals surface area contributed by atoms with Gasteiger partial charge in [0.2, 0.25) is 5.91 Å². The van der Waals surface area contributed by atoms with Gasteiger partial charge in [-0.05, 0) is 11.6 Å². The van der Waals surface area contributed by atoms with Gasteiger partial charge in [0, 0.05) is 18.7 Å². The molecule has 0 aliphatic heterocycles. The second-order valence-electron chi connectivity index (χ2n) is 2.80. The third-order valence-corrected chi connectivity index (χ3v) is 2.08. The molecule has 1 aromatic carbocycles. The molecule has 0 spiro atoms. The number of nitrogens with one attached hydrogen (secondary N) is 1. The van der Waals surface area contributed by atoms with E-state index in [0.717, 1.165) is 5.56 Å². The molecule has 4 heteroatoms. The molecule has 0 aliphatic carbocycles. The zero-order valence-electron chi connectivity index (χ0n) is 7.92. The summed E-state index contributed by atoms with van der Waals surface area (Å²) < 4.78 is 4.68. The van der Waals surface area contributed by atoms with Gasteiger partial charge in [0.15, 0.2) is 0 Å². The third-order valence-electron chi connectivity index (χ3n) is 1.71. The van der Waals surface area contributed by atoms with Crippen molar-refractivity contribution in [1.82, 2.24) is 5.32 Å². The van der Waals surface area contributed by atoms with Crippen molar-refractivity contribution in [2.75, 3.05) is 13.7 Å². The molecule has 0 radical (unpaired) electrons. The summed E-state index contributed by atoms with van der Waals surface area (Å²) in [6.07, 6.45) is 0. The van der Waals surface area contributed by atoms with Crippen molar-refractivity contribution < 1.29 is 9.53 Å². The lowest BCUT2D eigenvalue weighted by Gasteiger charge is -2.05. The Bertz CT molecular complexity index is 315. The SMILES string of the molecule is COCC(=O)NCc1ccccc1Cl. The Morgan fingerprint density at radius 2 is 2.21 bits per heavy atom. The van der Waals surface area contributed by atoms with Crippen LogP contribution in [-0.4, -0.2) is 19.6 Å². The summed E-state index contributed by atoms with van der Waals surface area (Å²) in [5, 5.41) is 3.35. The van der Waals surface area contributed by atoms with Gasteiger partial charge in [-0.15, -0.1) is 0 Å². The van der Waals surface area contributed by atoms with Gasteiger partial charge in [-0.2, -0.15) is 0 Å². The van der Waals surface area contributed by atoms with Gasteiger partial charge in [0.25, 0.3) is 0 Å². The molecule has 1 amide bonds. The normalized spacial score (nSPS) is 9.86. The average Bonchev–Trinajstić information content (AvgIpc) is 2.17. The number of carbonyl (C=O) groups is 1. The summed E-state index contributed by atoms with van der Waals surface area (Å²) in [4.78, 5) is 11.0. The summed E-state index contributed by atoms with van der Waals surface area (Å²) >= 11 is 5.90. The van der Waals surface area contributed by atoms with Crippen LogP contribution < -0.4 is 5.32 Å². The predicted octanol–water partition coefficient (Wildman–Crippen LogP) is 1.60. The van der Waals surface area contributed by atoms with Crippen molar-refractivity contribution in [3.8, 4) is 0 Å². The summed E-state index contributed by atoms with van der Waals surface area (Å²) in [5.74, 6) is -0.146. The smallest absolute Gasteiger partial charge is 0.246 e. The van der Waals surface area contributed by atoms with Crippen LogP contribution in [0, 0.1) is 0 Å². The molecule has 0 aromatic heterocycles. The van der Waals surface area contributed by atoms with Crippen LogP contribution in [0.3, 0.4) is 0 Å². The Hall–Kier alpha value is -1.06.